The molecule has 4 rings (SSSR count). The molecule has 1 heterocycles. The molecule has 2 N–H and O–H groups in total. The van der Waals surface area contributed by atoms with Crippen LogP contribution < -0.4 is 10.6 Å². The van der Waals surface area contributed by atoms with Crippen LogP contribution in [0, 0.1) is 0 Å². The zero-order chi connectivity index (χ0) is 32.4. The third-order valence-electron chi connectivity index (χ3n) is 6.59. The van der Waals surface area contributed by atoms with E-state index in [0.717, 1.165) is 12.1 Å². The van der Waals surface area contributed by atoms with Crippen LogP contribution >= 0.6 is 0 Å². The Labute approximate surface area is 258 Å². The summed E-state index contributed by atoms with van der Waals surface area (Å²) in [6.07, 6.45) is -3.31. The number of fused-ring (bicyclic) bond motifs is 1. The summed E-state index contributed by atoms with van der Waals surface area (Å²) < 4.78 is 50.3. The molecule has 0 saturated carbocycles. The van der Waals surface area contributed by atoms with Crippen LogP contribution in [0.2, 0.25) is 0 Å². The highest BCUT2D eigenvalue weighted by Gasteiger charge is 2.31. The summed E-state index contributed by atoms with van der Waals surface area (Å²) in [5, 5.41) is 5.80. The van der Waals surface area contributed by atoms with E-state index < -0.39 is 35.6 Å². The standard InChI is InChI=1S/C33H33F3N4O5/c1-3-18-44-28(41)17-16-26(32(43)45-19-4-2)40-31(42)22-10-13-24(14-11-22)37-30-29(21-8-6-5-7-9-21)38-27-20-23(33(34,35)36)12-15-25(27)39-30/h5-15,20,26H,3-4,16-19H2,1-2H3,(H,37,39)(H,40,42). The summed E-state index contributed by atoms with van der Waals surface area (Å²) in [4.78, 5) is 46.7. The average molecular weight is 623 g/mol. The van der Waals surface area contributed by atoms with E-state index in [9.17, 15) is 27.6 Å². The van der Waals surface area contributed by atoms with Crippen molar-refractivity contribution < 1.29 is 37.0 Å². The number of aromatic nitrogens is 2. The number of ether oxygens (including phenoxy) is 2. The SMILES string of the molecule is CCCOC(=O)CCC(NC(=O)c1ccc(Nc2nc3ccc(C(F)(F)F)cc3nc2-c2ccccc2)cc1)C(=O)OCCC. The lowest BCUT2D eigenvalue weighted by Gasteiger charge is -2.18. The number of benzene rings is 3. The monoisotopic (exact) mass is 622 g/mol. The maximum absolute atomic E-state index is 13.3. The largest absolute Gasteiger partial charge is 0.466 e. The first-order chi connectivity index (χ1) is 21.6. The van der Waals surface area contributed by atoms with E-state index >= 15 is 0 Å². The summed E-state index contributed by atoms with van der Waals surface area (Å²) in [7, 11) is 0. The molecule has 1 atom stereocenters. The van der Waals surface area contributed by atoms with Crippen molar-refractivity contribution in [3.63, 3.8) is 0 Å². The predicted octanol–water partition coefficient (Wildman–Crippen LogP) is 6.84. The molecular weight excluding hydrogens is 589 g/mol. The third-order valence-corrected chi connectivity index (χ3v) is 6.59. The molecule has 4 aromatic rings. The van der Waals surface area contributed by atoms with Gasteiger partial charge in [-0.1, -0.05) is 44.2 Å². The summed E-state index contributed by atoms with van der Waals surface area (Å²) in [6.45, 7) is 4.16. The Bertz CT molecular complexity index is 1630. The van der Waals surface area contributed by atoms with E-state index in [4.69, 9.17) is 9.47 Å². The molecule has 12 heteroatoms. The van der Waals surface area contributed by atoms with E-state index in [1.165, 1.54) is 18.2 Å². The van der Waals surface area contributed by atoms with Crippen molar-refractivity contribution in [2.24, 2.45) is 0 Å². The lowest BCUT2D eigenvalue weighted by molar-refractivity contribution is -0.147. The van der Waals surface area contributed by atoms with Gasteiger partial charge in [0.2, 0.25) is 0 Å². The molecule has 0 bridgehead atoms. The molecule has 9 nitrogen and oxygen atoms in total. The number of anilines is 2. The van der Waals surface area contributed by atoms with Crippen molar-refractivity contribution in [2.75, 3.05) is 18.5 Å². The van der Waals surface area contributed by atoms with Crippen molar-refractivity contribution in [3.8, 4) is 11.3 Å². The first-order valence-electron chi connectivity index (χ1n) is 14.5. The van der Waals surface area contributed by atoms with Crippen molar-refractivity contribution in [1.29, 1.82) is 0 Å². The van der Waals surface area contributed by atoms with Gasteiger partial charge in [-0.05, 0) is 61.7 Å². The molecule has 0 radical (unpaired) electrons. The van der Waals surface area contributed by atoms with Crippen LogP contribution in [0.3, 0.4) is 0 Å². The Kier molecular flexibility index (Phi) is 11.1. The van der Waals surface area contributed by atoms with Crippen molar-refractivity contribution in [2.45, 2.75) is 51.7 Å². The number of esters is 2. The van der Waals surface area contributed by atoms with Crippen molar-refractivity contribution >= 4 is 40.4 Å². The first-order valence-corrected chi connectivity index (χ1v) is 14.5. The molecule has 236 valence electrons. The van der Waals surface area contributed by atoms with Gasteiger partial charge in [0.1, 0.15) is 11.7 Å². The zero-order valence-corrected chi connectivity index (χ0v) is 24.8. The molecular formula is C33H33F3N4O5. The fraction of sp³-hybridized carbons (Fsp3) is 0.303. The maximum atomic E-state index is 13.3. The molecule has 1 amide bonds. The van der Waals surface area contributed by atoms with Gasteiger partial charge in [0.05, 0.1) is 29.8 Å². The molecule has 0 aliphatic carbocycles. The van der Waals surface area contributed by atoms with Gasteiger partial charge in [-0.15, -0.1) is 0 Å². The smallest absolute Gasteiger partial charge is 0.416 e. The van der Waals surface area contributed by atoms with Gasteiger partial charge in [0.15, 0.2) is 5.82 Å². The van der Waals surface area contributed by atoms with E-state index in [1.54, 1.807) is 36.4 Å². The second-order valence-corrected chi connectivity index (χ2v) is 10.1. The Morgan fingerprint density at radius 2 is 1.53 bits per heavy atom. The van der Waals surface area contributed by atoms with Crippen LogP contribution in [-0.2, 0) is 25.2 Å². The van der Waals surface area contributed by atoms with Gasteiger partial charge >= 0.3 is 18.1 Å². The van der Waals surface area contributed by atoms with E-state index in [-0.39, 0.29) is 42.7 Å². The summed E-state index contributed by atoms with van der Waals surface area (Å²) in [5.41, 5.74) is 1.29. The van der Waals surface area contributed by atoms with Gasteiger partial charge < -0.3 is 20.1 Å². The molecule has 0 aliphatic rings. The normalized spacial score (nSPS) is 11.9. The van der Waals surface area contributed by atoms with Crippen LogP contribution in [0.25, 0.3) is 22.3 Å². The zero-order valence-electron chi connectivity index (χ0n) is 24.8. The van der Waals surface area contributed by atoms with Gasteiger partial charge in [-0.2, -0.15) is 13.2 Å². The van der Waals surface area contributed by atoms with E-state index in [2.05, 4.69) is 20.6 Å². The molecule has 1 aromatic heterocycles. The van der Waals surface area contributed by atoms with Crippen molar-refractivity contribution in [3.05, 3.63) is 83.9 Å². The molecule has 0 saturated heterocycles. The molecule has 1 unspecified atom stereocenters. The van der Waals surface area contributed by atoms with Gasteiger partial charge in [0, 0.05) is 23.2 Å². The van der Waals surface area contributed by atoms with Crippen LogP contribution in [0.4, 0.5) is 24.7 Å². The quantitative estimate of drug-likeness (QED) is 0.156. The molecule has 3 aromatic carbocycles. The highest BCUT2D eigenvalue weighted by Crippen LogP contribution is 2.33. The minimum Gasteiger partial charge on any atom is -0.466 e. The molecule has 0 fully saturated rings. The Hall–Kier alpha value is -5.00. The number of amides is 1. The number of carbonyl (C=O) groups is 3. The van der Waals surface area contributed by atoms with E-state index in [0.29, 0.717) is 35.6 Å². The fourth-order valence-electron chi connectivity index (χ4n) is 4.30. The second-order valence-electron chi connectivity index (χ2n) is 10.1. The first kappa shape index (κ1) is 32.9. The number of nitrogens with one attached hydrogen (secondary N) is 2. The Morgan fingerprint density at radius 3 is 2.20 bits per heavy atom. The van der Waals surface area contributed by atoms with Crippen LogP contribution in [0.1, 0.15) is 55.5 Å². The second kappa shape index (κ2) is 15.1. The lowest BCUT2D eigenvalue weighted by Crippen LogP contribution is -2.42. The molecule has 0 aliphatic heterocycles. The van der Waals surface area contributed by atoms with E-state index in [1.807, 2.05) is 19.9 Å². The maximum Gasteiger partial charge on any atom is 0.416 e. The Morgan fingerprint density at radius 1 is 0.844 bits per heavy atom. The van der Waals surface area contributed by atoms with Crippen LogP contribution in [0.5, 0.6) is 0 Å². The minimum atomic E-state index is -4.52. The molecule has 45 heavy (non-hydrogen) atoms. The number of hydrogen-bond acceptors (Lipinski definition) is 8. The van der Waals surface area contributed by atoms with Crippen LogP contribution in [0.15, 0.2) is 72.8 Å². The number of rotatable bonds is 13. The number of hydrogen-bond donors (Lipinski definition) is 2. The summed E-state index contributed by atoms with van der Waals surface area (Å²) >= 11 is 0. The van der Waals surface area contributed by atoms with Gasteiger partial charge in [-0.25, -0.2) is 14.8 Å². The predicted molar refractivity (Wildman–Crippen MR) is 163 cm³/mol. The average Bonchev–Trinajstić information content (AvgIpc) is 3.04. The van der Waals surface area contributed by atoms with Crippen LogP contribution in [-0.4, -0.2) is 47.1 Å². The number of halogens is 3. The minimum absolute atomic E-state index is 0.0177. The molecule has 0 spiro atoms. The topological polar surface area (TPSA) is 120 Å². The van der Waals surface area contributed by atoms with Crippen molar-refractivity contribution in [1.82, 2.24) is 15.3 Å². The number of alkyl halides is 3. The fourth-order valence-corrected chi connectivity index (χ4v) is 4.30. The lowest BCUT2D eigenvalue weighted by atomic mass is 10.1. The highest BCUT2D eigenvalue weighted by molar-refractivity contribution is 5.97. The Balaban J connectivity index is 1.54. The third kappa shape index (κ3) is 9.01. The van der Waals surface area contributed by atoms with Gasteiger partial charge in [0.25, 0.3) is 5.91 Å². The number of nitrogens with zero attached hydrogens (tertiary/aromatic N) is 2. The summed E-state index contributed by atoms with van der Waals surface area (Å²) in [6, 6.07) is 17.4. The number of carbonyl (C=O) groups excluding carboxylic acids is 3. The van der Waals surface area contributed by atoms with Gasteiger partial charge in [-0.3, -0.25) is 9.59 Å². The highest BCUT2D eigenvalue weighted by atomic mass is 19.4. The summed E-state index contributed by atoms with van der Waals surface area (Å²) in [5.74, 6) is -1.35.